The summed E-state index contributed by atoms with van der Waals surface area (Å²) < 4.78 is 18.3. The van der Waals surface area contributed by atoms with Gasteiger partial charge in [0, 0.05) is 63.1 Å². The highest BCUT2D eigenvalue weighted by Crippen LogP contribution is 2.42. The highest BCUT2D eigenvalue weighted by Gasteiger charge is 2.39. The van der Waals surface area contributed by atoms with Gasteiger partial charge >= 0.3 is 12.0 Å². The number of aromatic nitrogens is 2. The van der Waals surface area contributed by atoms with Gasteiger partial charge in [0.05, 0.1) is 25.4 Å². The number of urea groups is 1. The fraction of sp³-hybridized carbons (Fsp3) is 0.385. The Morgan fingerprint density at radius 3 is 2.29 bits per heavy atom. The molecular formula is C39H46N6O6. The first-order valence-corrected chi connectivity index (χ1v) is 17.5. The van der Waals surface area contributed by atoms with Gasteiger partial charge in [-0.3, -0.25) is 9.69 Å². The molecule has 51 heavy (non-hydrogen) atoms. The van der Waals surface area contributed by atoms with E-state index in [1.54, 1.807) is 19.3 Å². The van der Waals surface area contributed by atoms with Crippen LogP contribution in [0.3, 0.4) is 0 Å². The summed E-state index contributed by atoms with van der Waals surface area (Å²) in [5.41, 5.74) is 5.71. The number of piperazine rings is 1. The normalized spacial score (nSPS) is 20.8. The third kappa shape index (κ3) is 9.27. The van der Waals surface area contributed by atoms with Crippen molar-refractivity contribution >= 4 is 17.9 Å². The van der Waals surface area contributed by atoms with E-state index in [0.717, 1.165) is 72.1 Å². The van der Waals surface area contributed by atoms with Crippen LogP contribution in [0, 0.1) is 5.92 Å². The van der Waals surface area contributed by atoms with Crippen molar-refractivity contribution in [2.75, 3.05) is 50.8 Å². The van der Waals surface area contributed by atoms with E-state index < -0.39 is 18.3 Å². The molecule has 4 aromatic rings. The van der Waals surface area contributed by atoms with Crippen LogP contribution in [-0.4, -0.2) is 84.0 Å². The van der Waals surface area contributed by atoms with Gasteiger partial charge in [-0.1, -0.05) is 79.7 Å². The molecule has 0 unspecified atom stereocenters. The Morgan fingerprint density at radius 2 is 1.59 bits per heavy atom. The van der Waals surface area contributed by atoms with E-state index >= 15 is 0 Å². The number of aliphatic hydroxyl groups is 1. The molecule has 6 rings (SSSR count). The Bertz CT molecular complexity index is 1720. The predicted octanol–water partition coefficient (Wildman–Crippen LogP) is 4.61. The zero-order valence-corrected chi connectivity index (χ0v) is 29.1. The number of nitrogens with zero attached hydrogens (tertiary/aromatic N) is 4. The highest BCUT2D eigenvalue weighted by molar-refractivity contribution is 5.81. The van der Waals surface area contributed by atoms with Gasteiger partial charge in [0.25, 0.3) is 0 Å². The first kappa shape index (κ1) is 35.9. The monoisotopic (exact) mass is 694 g/mol. The molecule has 0 radical (unpaired) electrons. The van der Waals surface area contributed by atoms with E-state index in [1.165, 1.54) is 0 Å². The number of carbonyl (C=O) groups is 2. The van der Waals surface area contributed by atoms with Gasteiger partial charge in [0.1, 0.15) is 6.54 Å². The van der Waals surface area contributed by atoms with Gasteiger partial charge in [-0.05, 0) is 40.8 Å². The molecule has 2 fully saturated rings. The Labute approximate surface area is 298 Å². The van der Waals surface area contributed by atoms with E-state index in [1.807, 2.05) is 78.9 Å². The lowest BCUT2D eigenvalue weighted by atomic mass is 9.89. The summed E-state index contributed by atoms with van der Waals surface area (Å²) in [5, 5.41) is 15.0. The fourth-order valence-electron chi connectivity index (χ4n) is 6.55. The second kappa shape index (κ2) is 17.4. The number of hydrogen-bond donors (Lipinski definition) is 3. The molecule has 2 amide bonds. The topological polar surface area (TPSA) is 138 Å². The molecule has 0 bridgehead atoms. The molecule has 268 valence electrons. The largest absolute Gasteiger partial charge is 0.465 e. The van der Waals surface area contributed by atoms with Gasteiger partial charge in [0.2, 0.25) is 5.95 Å². The Kier molecular flexibility index (Phi) is 12.2. The van der Waals surface area contributed by atoms with Crippen molar-refractivity contribution in [1.29, 1.82) is 0 Å². The molecular weight excluding hydrogens is 648 g/mol. The van der Waals surface area contributed by atoms with Crippen LogP contribution in [0.4, 0.5) is 10.7 Å². The van der Waals surface area contributed by atoms with Gasteiger partial charge in [0.15, 0.2) is 6.29 Å². The van der Waals surface area contributed by atoms with Gasteiger partial charge in [-0.15, -0.1) is 0 Å². The number of aliphatic hydroxyl groups excluding tert-OH is 1. The van der Waals surface area contributed by atoms with Crippen LogP contribution < -0.4 is 15.5 Å². The average Bonchev–Trinajstić information content (AvgIpc) is 3.18. The number of carbonyl (C=O) groups excluding carboxylic acids is 2. The molecule has 2 aliphatic heterocycles. The van der Waals surface area contributed by atoms with Crippen molar-refractivity contribution in [3.8, 4) is 11.1 Å². The van der Waals surface area contributed by atoms with E-state index in [-0.39, 0.29) is 44.4 Å². The van der Waals surface area contributed by atoms with E-state index in [4.69, 9.17) is 14.2 Å². The van der Waals surface area contributed by atoms with Crippen molar-refractivity contribution in [2.24, 2.45) is 5.92 Å². The highest BCUT2D eigenvalue weighted by atomic mass is 16.7. The number of nitrogens with one attached hydrogen (secondary N) is 2. The molecule has 3 heterocycles. The van der Waals surface area contributed by atoms with Crippen molar-refractivity contribution < 1.29 is 28.9 Å². The average molecular weight is 695 g/mol. The van der Waals surface area contributed by atoms with Crippen molar-refractivity contribution in [1.82, 2.24) is 25.5 Å². The van der Waals surface area contributed by atoms with Crippen LogP contribution in [0.2, 0.25) is 0 Å². The van der Waals surface area contributed by atoms with E-state index in [0.29, 0.717) is 0 Å². The van der Waals surface area contributed by atoms with Crippen LogP contribution in [-0.2, 0) is 32.2 Å². The molecule has 1 aromatic heterocycles. The molecule has 12 heteroatoms. The maximum atomic E-state index is 12.3. The lowest BCUT2D eigenvalue weighted by Gasteiger charge is -2.44. The smallest absolute Gasteiger partial charge is 0.325 e. The summed E-state index contributed by atoms with van der Waals surface area (Å²) in [6, 6.07) is 25.4. The molecule has 2 saturated heterocycles. The Morgan fingerprint density at radius 1 is 0.882 bits per heavy atom. The number of hydrogen-bond acceptors (Lipinski definition) is 10. The van der Waals surface area contributed by atoms with Crippen LogP contribution in [0.15, 0.2) is 91.3 Å². The van der Waals surface area contributed by atoms with Gasteiger partial charge in [-0.25, -0.2) is 14.8 Å². The van der Waals surface area contributed by atoms with Crippen LogP contribution in [0.5, 0.6) is 0 Å². The number of rotatable bonds is 12. The molecule has 0 saturated carbocycles. The molecule has 0 spiro atoms. The third-order valence-electron chi connectivity index (χ3n) is 9.42. The summed E-state index contributed by atoms with van der Waals surface area (Å²) >= 11 is 0. The van der Waals surface area contributed by atoms with Crippen LogP contribution >= 0.6 is 0 Å². The van der Waals surface area contributed by atoms with Crippen molar-refractivity contribution in [3.05, 3.63) is 114 Å². The van der Waals surface area contributed by atoms with Crippen molar-refractivity contribution in [2.45, 2.75) is 45.5 Å². The van der Waals surface area contributed by atoms with Crippen LogP contribution in [0.25, 0.3) is 11.1 Å². The number of esters is 1. The summed E-state index contributed by atoms with van der Waals surface area (Å²) in [6.45, 7) is 8.45. The first-order valence-electron chi connectivity index (χ1n) is 17.5. The second-order valence-electron chi connectivity index (χ2n) is 12.8. The van der Waals surface area contributed by atoms with Gasteiger partial charge < -0.3 is 34.9 Å². The number of ether oxygens (including phenoxy) is 3. The summed E-state index contributed by atoms with van der Waals surface area (Å²) in [5.74, 6) is 0.353. The van der Waals surface area contributed by atoms with Crippen LogP contribution in [0.1, 0.15) is 48.5 Å². The lowest BCUT2D eigenvalue weighted by molar-refractivity contribution is -0.276. The molecule has 12 nitrogen and oxygen atoms in total. The molecule has 3 aromatic carbocycles. The number of anilines is 1. The van der Waals surface area contributed by atoms with Crippen molar-refractivity contribution in [3.63, 3.8) is 0 Å². The lowest BCUT2D eigenvalue weighted by Crippen LogP contribution is -2.51. The van der Waals surface area contributed by atoms with E-state index in [9.17, 15) is 14.7 Å². The van der Waals surface area contributed by atoms with E-state index in [2.05, 4.69) is 37.3 Å². The minimum Gasteiger partial charge on any atom is -0.465 e. The fourth-order valence-corrected chi connectivity index (χ4v) is 6.55. The second-order valence-corrected chi connectivity index (χ2v) is 12.8. The Hall–Kier alpha value is -4.88. The quantitative estimate of drug-likeness (QED) is 0.180. The summed E-state index contributed by atoms with van der Waals surface area (Å²) in [7, 11) is 0. The minimum absolute atomic E-state index is 0.00998. The molecule has 0 aliphatic carbocycles. The number of benzene rings is 3. The third-order valence-corrected chi connectivity index (χ3v) is 9.42. The molecule has 2 aliphatic rings. The SMILES string of the molecule is CCOC(=O)CNC(=O)NCc1ccccc1-c1ccc([C@@H]2O[C@H](CN3CCN(c4ncccn4)CC3)[C@H](C)[C@H](c3ccc(CO)cc3)O2)cc1. The maximum absolute atomic E-state index is 12.3. The maximum Gasteiger partial charge on any atom is 0.325 e. The molecule has 4 atom stereocenters. The Balaban J connectivity index is 1.15. The first-order chi connectivity index (χ1) is 24.9. The molecule has 3 N–H and O–H groups in total. The predicted molar refractivity (Wildman–Crippen MR) is 192 cm³/mol. The minimum atomic E-state index is -0.582. The summed E-state index contributed by atoms with van der Waals surface area (Å²) in [4.78, 5) is 37.4. The zero-order chi connectivity index (χ0) is 35.6. The summed E-state index contributed by atoms with van der Waals surface area (Å²) in [6.07, 6.45) is 2.68. The standard InChI is InChI=1S/C39H46N6O6/c1-3-49-35(47)24-43-39(48)42-23-32-7-4-5-8-33(32)29-13-15-31(16-14-29)37-50-34(27(2)36(51-37)30-11-9-28(26-46)10-12-30)25-44-19-21-45(22-20-44)38-40-17-6-18-41-38/h4-18,27,34,36-37,46H,3,19-26H2,1-2H3,(H2,42,43,48)/t27-,34+,36+,37+/m0/s1. The van der Waals surface area contributed by atoms with Gasteiger partial charge in [-0.2, -0.15) is 0 Å². The zero-order valence-electron chi connectivity index (χ0n) is 29.1. The number of amides is 2.